The first-order chi connectivity index (χ1) is 14.8. The molecule has 0 aliphatic carbocycles. The minimum atomic E-state index is 0.234. The van der Waals surface area contributed by atoms with E-state index >= 15 is 0 Å². The molecule has 2 aliphatic rings. The number of hydrogen-bond donors (Lipinski definition) is 2. The summed E-state index contributed by atoms with van der Waals surface area (Å²) in [5, 5.41) is 15.5. The second-order valence-corrected chi connectivity index (χ2v) is 8.30. The molecule has 0 spiro atoms. The first-order valence-corrected chi connectivity index (χ1v) is 11.0. The van der Waals surface area contributed by atoms with Crippen molar-refractivity contribution < 1.29 is 18.9 Å². The van der Waals surface area contributed by atoms with E-state index in [0.29, 0.717) is 33.5 Å². The number of aromatic nitrogens is 6. The Bertz CT molecular complexity index is 1150. The van der Waals surface area contributed by atoms with Crippen molar-refractivity contribution in [3.63, 3.8) is 0 Å². The Kier molecular flexibility index (Phi) is 4.16. The fourth-order valence-corrected chi connectivity index (χ4v) is 4.45. The summed E-state index contributed by atoms with van der Waals surface area (Å²) < 4.78 is 21.5. The Morgan fingerprint density at radius 3 is 1.60 bits per heavy atom. The van der Waals surface area contributed by atoms with E-state index in [0.717, 1.165) is 22.6 Å². The van der Waals surface area contributed by atoms with Crippen molar-refractivity contribution >= 4 is 21.6 Å². The molecular weight excluding hydrogens is 428 g/mol. The average molecular weight is 440 g/mol. The van der Waals surface area contributed by atoms with Crippen LogP contribution in [0.1, 0.15) is 0 Å². The summed E-state index contributed by atoms with van der Waals surface area (Å²) in [5.74, 6) is 4.14. The Morgan fingerprint density at radius 2 is 1.10 bits per heavy atom. The average Bonchev–Trinajstić information content (AvgIpc) is 3.57. The molecular formula is C18H12N6O4S2. The summed E-state index contributed by atoms with van der Waals surface area (Å²) in [6.07, 6.45) is 0. The van der Waals surface area contributed by atoms with E-state index in [2.05, 4.69) is 30.4 Å². The number of H-pyrrole nitrogens is 2. The quantitative estimate of drug-likeness (QED) is 0.446. The maximum Gasteiger partial charge on any atom is 0.231 e. The summed E-state index contributed by atoms with van der Waals surface area (Å²) in [6, 6.07) is 11.3. The highest BCUT2D eigenvalue weighted by Crippen LogP contribution is 2.38. The third-order valence-electron chi connectivity index (χ3n) is 4.41. The first kappa shape index (κ1) is 17.5. The van der Waals surface area contributed by atoms with Gasteiger partial charge in [0.05, 0.1) is 0 Å². The monoisotopic (exact) mass is 440 g/mol. The summed E-state index contributed by atoms with van der Waals surface area (Å²) in [7, 11) is 2.72. The maximum atomic E-state index is 5.41. The van der Waals surface area contributed by atoms with Crippen LogP contribution >= 0.6 is 21.6 Å². The number of nitrogens with zero attached hydrogens (tertiary/aromatic N) is 4. The lowest BCUT2D eigenvalue weighted by molar-refractivity contribution is 0.173. The molecule has 4 heterocycles. The molecule has 6 rings (SSSR count). The second-order valence-electron chi connectivity index (χ2n) is 6.24. The lowest BCUT2D eigenvalue weighted by Gasteiger charge is -1.98. The molecule has 0 saturated heterocycles. The Morgan fingerprint density at radius 1 is 0.633 bits per heavy atom. The number of fused-ring (bicyclic) bond motifs is 2. The lowest BCUT2D eigenvalue weighted by Crippen LogP contribution is -1.92. The minimum absolute atomic E-state index is 0.234. The molecule has 0 atom stereocenters. The van der Waals surface area contributed by atoms with Crippen LogP contribution < -0.4 is 18.9 Å². The number of hydrogen-bond acceptors (Lipinski definition) is 10. The topological polar surface area (TPSA) is 120 Å². The van der Waals surface area contributed by atoms with E-state index in [4.69, 9.17) is 18.9 Å². The van der Waals surface area contributed by atoms with E-state index < -0.39 is 0 Å². The van der Waals surface area contributed by atoms with Crippen LogP contribution in [0.5, 0.6) is 23.0 Å². The fraction of sp³-hybridized carbons (Fsp3) is 0.111. The van der Waals surface area contributed by atoms with Crippen molar-refractivity contribution in [2.45, 2.75) is 10.3 Å². The van der Waals surface area contributed by atoms with Crippen LogP contribution in [0.3, 0.4) is 0 Å². The first-order valence-electron chi connectivity index (χ1n) is 8.81. The zero-order valence-corrected chi connectivity index (χ0v) is 16.7. The molecule has 2 aromatic carbocycles. The van der Waals surface area contributed by atoms with Gasteiger partial charge in [0.2, 0.25) is 23.9 Å². The molecule has 0 amide bonds. The second kappa shape index (κ2) is 7.15. The molecule has 2 N–H and O–H groups in total. The van der Waals surface area contributed by atoms with Gasteiger partial charge in [-0.25, -0.2) is 9.97 Å². The van der Waals surface area contributed by atoms with Gasteiger partial charge in [0, 0.05) is 11.1 Å². The molecule has 2 aromatic heterocycles. The number of benzene rings is 2. The normalized spacial score (nSPS) is 13.7. The molecule has 10 nitrogen and oxygen atoms in total. The van der Waals surface area contributed by atoms with Crippen LogP contribution in [0, 0.1) is 0 Å². The third kappa shape index (κ3) is 3.19. The molecule has 150 valence electrons. The summed E-state index contributed by atoms with van der Waals surface area (Å²) in [4.78, 5) is 9.02. The van der Waals surface area contributed by atoms with Crippen molar-refractivity contribution in [3.8, 4) is 45.8 Å². The van der Waals surface area contributed by atoms with Crippen LogP contribution in [0.15, 0.2) is 46.7 Å². The highest BCUT2D eigenvalue weighted by molar-refractivity contribution is 8.76. The molecule has 12 heteroatoms. The fourth-order valence-electron chi connectivity index (χ4n) is 2.99. The summed E-state index contributed by atoms with van der Waals surface area (Å²) >= 11 is 0. The van der Waals surface area contributed by atoms with Gasteiger partial charge in [0.1, 0.15) is 0 Å². The molecule has 0 saturated carbocycles. The largest absolute Gasteiger partial charge is 0.454 e. The highest BCUT2D eigenvalue weighted by Gasteiger charge is 2.17. The maximum absolute atomic E-state index is 5.41. The SMILES string of the molecule is c1cc2c(cc1-c1nc(SSc3n[nH]c(-c4ccc5c(c4)OCO5)n3)n[nH]1)OCO2. The number of nitrogens with one attached hydrogen (secondary N) is 2. The number of aromatic amines is 2. The van der Waals surface area contributed by atoms with Gasteiger partial charge in [-0.15, -0.1) is 10.2 Å². The van der Waals surface area contributed by atoms with Crippen LogP contribution in [0.4, 0.5) is 0 Å². The molecule has 30 heavy (non-hydrogen) atoms. The third-order valence-corrected chi connectivity index (χ3v) is 6.30. The zero-order valence-electron chi connectivity index (χ0n) is 15.1. The predicted molar refractivity (Wildman–Crippen MR) is 108 cm³/mol. The van der Waals surface area contributed by atoms with Gasteiger partial charge < -0.3 is 18.9 Å². The van der Waals surface area contributed by atoms with Gasteiger partial charge in [-0.3, -0.25) is 10.2 Å². The lowest BCUT2D eigenvalue weighted by atomic mass is 10.2. The standard InChI is InChI=1S/C18H12N6O4S2/c1-3-11-13(27-7-25-11)5-9(1)15-19-17(23-21-15)29-30-18-20-16(22-24-18)10-2-4-12-14(6-10)28-8-26-12/h1-6H,7-8H2,(H,19,21,23)(H,20,22,24). The van der Waals surface area contributed by atoms with Crippen LogP contribution in [0.2, 0.25) is 0 Å². The van der Waals surface area contributed by atoms with E-state index in [1.54, 1.807) is 0 Å². The molecule has 2 aliphatic heterocycles. The van der Waals surface area contributed by atoms with Crippen LogP contribution in [-0.4, -0.2) is 43.9 Å². The zero-order chi connectivity index (χ0) is 19.9. The van der Waals surface area contributed by atoms with Gasteiger partial charge in [-0.05, 0) is 58.0 Å². The van der Waals surface area contributed by atoms with Gasteiger partial charge in [-0.1, -0.05) is 0 Å². The van der Waals surface area contributed by atoms with Gasteiger partial charge in [0.15, 0.2) is 34.6 Å². The van der Waals surface area contributed by atoms with Crippen LogP contribution in [0.25, 0.3) is 22.8 Å². The Balaban J connectivity index is 1.14. The van der Waals surface area contributed by atoms with E-state index in [-0.39, 0.29) is 13.6 Å². The van der Waals surface area contributed by atoms with Gasteiger partial charge in [-0.2, -0.15) is 0 Å². The van der Waals surface area contributed by atoms with E-state index in [1.165, 1.54) is 21.6 Å². The molecule has 4 aromatic rings. The highest BCUT2D eigenvalue weighted by atomic mass is 33.1. The van der Waals surface area contributed by atoms with E-state index in [9.17, 15) is 0 Å². The Labute approximate surface area is 177 Å². The van der Waals surface area contributed by atoms with Crippen molar-refractivity contribution in [2.24, 2.45) is 0 Å². The van der Waals surface area contributed by atoms with Gasteiger partial charge >= 0.3 is 0 Å². The molecule has 0 bridgehead atoms. The minimum Gasteiger partial charge on any atom is -0.454 e. The van der Waals surface area contributed by atoms with Crippen molar-refractivity contribution in [1.29, 1.82) is 0 Å². The van der Waals surface area contributed by atoms with Crippen molar-refractivity contribution in [2.75, 3.05) is 13.6 Å². The van der Waals surface area contributed by atoms with Gasteiger partial charge in [0.25, 0.3) is 0 Å². The smallest absolute Gasteiger partial charge is 0.231 e. The molecule has 0 fully saturated rings. The summed E-state index contributed by atoms with van der Waals surface area (Å²) in [6.45, 7) is 0.468. The number of rotatable bonds is 5. The van der Waals surface area contributed by atoms with E-state index in [1.807, 2.05) is 36.4 Å². The molecule has 0 unspecified atom stereocenters. The molecule has 0 radical (unpaired) electrons. The summed E-state index contributed by atoms with van der Waals surface area (Å²) in [5.41, 5.74) is 1.73. The van der Waals surface area contributed by atoms with Crippen molar-refractivity contribution in [3.05, 3.63) is 36.4 Å². The Hall–Kier alpha value is -3.38. The number of ether oxygens (including phenoxy) is 4. The predicted octanol–water partition coefficient (Wildman–Crippen LogP) is 3.51. The van der Waals surface area contributed by atoms with Crippen LogP contribution in [-0.2, 0) is 0 Å². The van der Waals surface area contributed by atoms with Crippen molar-refractivity contribution in [1.82, 2.24) is 30.4 Å².